The normalized spacial score (nSPS) is 13.3. The standard InChI is InChI=1S/C27H24N2O4S/c1-2-16-11-12-22-24(13-16)34-25(28-22)14-23(26(30)31)29-27(32)33-15-21-19-9-5-3-7-17(19)18-8-4-6-10-20(18)21/h3-13,21,23H,2,14-15H2,1H3,(H,29,32)(H,30,31)/t23-/m0/s1. The van der Waals surface area contributed by atoms with Gasteiger partial charge in [-0.3, -0.25) is 0 Å². The van der Waals surface area contributed by atoms with Gasteiger partial charge in [0.2, 0.25) is 0 Å². The average molecular weight is 473 g/mol. The maximum Gasteiger partial charge on any atom is 0.407 e. The van der Waals surface area contributed by atoms with Crippen LogP contribution in [0.4, 0.5) is 4.79 Å². The van der Waals surface area contributed by atoms with Gasteiger partial charge >= 0.3 is 12.1 Å². The van der Waals surface area contributed by atoms with Crippen molar-refractivity contribution in [2.75, 3.05) is 6.61 Å². The van der Waals surface area contributed by atoms with E-state index in [0.717, 1.165) is 38.9 Å². The Kier molecular flexibility index (Phi) is 6.02. The van der Waals surface area contributed by atoms with E-state index in [-0.39, 0.29) is 18.9 Å². The van der Waals surface area contributed by atoms with Crippen molar-refractivity contribution in [2.45, 2.75) is 31.7 Å². The van der Waals surface area contributed by atoms with Crippen molar-refractivity contribution in [1.82, 2.24) is 10.3 Å². The molecule has 0 bridgehead atoms. The van der Waals surface area contributed by atoms with Crippen molar-refractivity contribution in [3.63, 3.8) is 0 Å². The van der Waals surface area contributed by atoms with E-state index in [1.807, 2.05) is 48.5 Å². The van der Waals surface area contributed by atoms with Crippen molar-refractivity contribution in [3.8, 4) is 11.1 Å². The zero-order valence-corrected chi connectivity index (χ0v) is 19.5. The smallest absolute Gasteiger partial charge is 0.407 e. The van der Waals surface area contributed by atoms with Crippen molar-refractivity contribution in [2.24, 2.45) is 0 Å². The van der Waals surface area contributed by atoms with Crippen LogP contribution in [0, 0.1) is 0 Å². The third-order valence-corrected chi connectivity index (χ3v) is 7.26. The SMILES string of the molecule is CCc1ccc2nc(C[C@H](NC(=O)OCC3c4ccccc4-c4ccccc43)C(=O)O)sc2c1. The average Bonchev–Trinajstić information content (AvgIpc) is 3.40. The number of hydrogen-bond donors (Lipinski definition) is 2. The molecule has 0 aliphatic heterocycles. The van der Waals surface area contributed by atoms with Crippen LogP contribution in [0.3, 0.4) is 0 Å². The van der Waals surface area contributed by atoms with Gasteiger partial charge in [-0.25, -0.2) is 14.6 Å². The molecule has 0 radical (unpaired) electrons. The molecule has 2 N–H and O–H groups in total. The number of carbonyl (C=O) groups is 2. The van der Waals surface area contributed by atoms with Crippen LogP contribution in [0.5, 0.6) is 0 Å². The molecule has 172 valence electrons. The van der Waals surface area contributed by atoms with E-state index < -0.39 is 18.1 Å². The topological polar surface area (TPSA) is 88.5 Å². The highest BCUT2D eigenvalue weighted by Gasteiger charge is 2.30. The summed E-state index contributed by atoms with van der Waals surface area (Å²) in [5.74, 6) is -1.21. The van der Waals surface area contributed by atoms with E-state index >= 15 is 0 Å². The molecule has 0 saturated carbocycles. The number of rotatable bonds is 7. The van der Waals surface area contributed by atoms with Gasteiger partial charge in [0, 0.05) is 12.3 Å². The molecule has 0 fully saturated rings. The molecule has 1 aliphatic rings. The molecule has 0 spiro atoms. The molecular formula is C27H24N2O4S. The monoisotopic (exact) mass is 472 g/mol. The van der Waals surface area contributed by atoms with Gasteiger partial charge in [-0.05, 0) is 46.4 Å². The Labute approximate surface area is 201 Å². The van der Waals surface area contributed by atoms with Crippen LogP contribution in [0.25, 0.3) is 21.3 Å². The Morgan fingerprint density at radius 1 is 1.06 bits per heavy atom. The Balaban J connectivity index is 1.26. The number of nitrogens with zero attached hydrogens (tertiary/aromatic N) is 1. The van der Waals surface area contributed by atoms with Crippen molar-refractivity contribution >= 4 is 33.6 Å². The number of alkyl carbamates (subject to hydrolysis) is 1. The highest BCUT2D eigenvalue weighted by atomic mass is 32.1. The maximum atomic E-state index is 12.6. The number of aryl methyl sites for hydroxylation is 1. The summed E-state index contributed by atoms with van der Waals surface area (Å²) < 4.78 is 6.53. The molecule has 1 heterocycles. The molecule has 34 heavy (non-hydrogen) atoms. The number of thiazole rings is 1. The quantitative estimate of drug-likeness (QED) is 0.376. The second kappa shape index (κ2) is 9.27. The lowest BCUT2D eigenvalue weighted by atomic mass is 9.98. The number of aromatic nitrogens is 1. The minimum absolute atomic E-state index is 0.0848. The largest absolute Gasteiger partial charge is 0.480 e. The number of benzene rings is 3. The van der Waals surface area contributed by atoms with Crippen LogP contribution >= 0.6 is 11.3 Å². The van der Waals surface area contributed by atoms with Gasteiger partial charge in [0.25, 0.3) is 0 Å². The first-order chi connectivity index (χ1) is 16.5. The number of carboxylic acid groups (broad SMARTS) is 1. The van der Waals surface area contributed by atoms with Crippen molar-refractivity contribution < 1.29 is 19.4 Å². The number of fused-ring (bicyclic) bond motifs is 4. The van der Waals surface area contributed by atoms with Crippen LogP contribution in [-0.2, 0) is 22.4 Å². The lowest BCUT2D eigenvalue weighted by Gasteiger charge is -2.17. The van der Waals surface area contributed by atoms with Gasteiger partial charge in [-0.2, -0.15) is 0 Å². The summed E-state index contributed by atoms with van der Waals surface area (Å²) in [4.78, 5) is 29.0. The predicted molar refractivity (Wildman–Crippen MR) is 132 cm³/mol. The Morgan fingerprint density at radius 3 is 2.38 bits per heavy atom. The van der Waals surface area contributed by atoms with Gasteiger partial charge < -0.3 is 15.2 Å². The van der Waals surface area contributed by atoms with E-state index in [1.54, 1.807) is 0 Å². The van der Waals surface area contributed by atoms with Crippen LogP contribution in [0.15, 0.2) is 66.7 Å². The van der Waals surface area contributed by atoms with Crippen molar-refractivity contribution in [3.05, 3.63) is 88.4 Å². The minimum Gasteiger partial charge on any atom is -0.480 e. The van der Waals surface area contributed by atoms with Crippen LogP contribution < -0.4 is 5.32 Å². The first-order valence-corrected chi connectivity index (χ1v) is 12.1. The van der Waals surface area contributed by atoms with Gasteiger partial charge in [0.15, 0.2) is 0 Å². The van der Waals surface area contributed by atoms with E-state index in [2.05, 4.69) is 35.4 Å². The molecule has 0 unspecified atom stereocenters. The molecule has 1 amide bonds. The summed E-state index contributed by atoms with van der Waals surface area (Å²) >= 11 is 1.45. The second-order valence-electron chi connectivity index (χ2n) is 8.33. The summed E-state index contributed by atoms with van der Waals surface area (Å²) in [7, 11) is 0. The molecule has 5 rings (SSSR count). The fraction of sp³-hybridized carbons (Fsp3) is 0.222. The number of ether oxygens (including phenoxy) is 1. The molecule has 0 saturated heterocycles. The van der Waals surface area contributed by atoms with Gasteiger partial charge in [0.1, 0.15) is 12.6 Å². The molecule has 1 aliphatic carbocycles. The highest BCUT2D eigenvalue weighted by molar-refractivity contribution is 7.18. The summed E-state index contributed by atoms with van der Waals surface area (Å²) in [6, 6.07) is 21.1. The first kappa shape index (κ1) is 22.1. The first-order valence-electron chi connectivity index (χ1n) is 11.3. The second-order valence-corrected chi connectivity index (χ2v) is 9.44. The zero-order chi connectivity index (χ0) is 23.7. The van der Waals surface area contributed by atoms with E-state index in [1.165, 1.54) is 16.9 Å². The van der Waals surface area contributed by atoms with E-state index in [4.69, 9.17) is 4.74 Å². The summed E-state index contributed by atoms with van der Waals surface area (Å²) in [5.41, 5.74) is 6.52. The Bertz CT molecular complexity index is 1330. The fourth-order valence-corrected chi connectivity index (χ4v) is 5.56. The highest BCUT2D eigenvalue weighted by Crippen LogP contribution is 2.44. The molecule has 4 aromatic rings. The Morgan fingerprint density at radius 2 is 1.74 bits per heavy atom. The molecule has 3 aromatic carbocycles. The maximum absolute atomic E-state index is 12.6. The zero-order valence-electron chi connectivity index (χ0n) is 18.7. The Hall–Kier alpha value is -3.71. The van der Waals surface area contributed by atoms with Crippen molar-refractivity contribution in [1.29, 1.82) is 0 Å². The van der Waals surface area contributed by atoms with E-state index in [9.17, 15) is 14.7 Å². The third-order valence-electron chi connectivity index (χ3n) is 6.22. The number of aliphatic carboxylic acids is 1. The number of amides is 1. The molecular weight excluding hydrogens is 448 g/mol. The lowest BCUT2D eigenvalue weighted by molar-refractivity contribution is -0.139. The minimum atomic E-state index is -1.12. The number of nitrogens with one attached hydrogen (secondary N) is 1. The number of hydrogen-bond acceptors (Lipinski definition) is 5. The fourth-order valence-electron chi connectivity index (χ4n) is 4.48. The predicted octanol–water partition coefficient (Wildman–Crippen LogP) is 5.39. The summed E-state index contributed by atoms with van der Waals surface area (Å²) in [6.07, 6.45) is 0.272. The van der Waals surface area contributed by atoms with Crippen LogP contribution in [-0.4, -0.2) is 34.8 Å². The number of carbonyl (C=O) groups excluding carboxylic acids is 1. The van der Waals surface area contributed by atoms with Crippen LogP contribution in [0.2, 0.25) is 0 Å². The van der Waals surface area contributed by atoms with Gasteiger partial charge in [0.05, 0.1) is 15.2 Å². The van der Waals surface area contributed by atoms with Crippen LogP contribution in [0.1, 0.15) is 34.5 Å². The van der Waals surface area contributed by atoms with Gasteiger partial charge in [-0.1, -0.05) is 61.5 Å². The molecule has 6 nitrogen and oxygen atoms in total. The van der Waals surface area contributed by atoms with Gasteiger partial charge in [-0.15, -0.1) is 11.3 Å². The number of carboxylic acids is 1. The third kappa shape index (κ3) is 4.26. The summed E-state index contributed by atoms with van der Waals surface area (Å²) in [6.45, 7) is 2.22. The molecule has 7 heteroatoms. The molecule has 1 aromatic heterocycles. The van der Waals surface area contributed by atoms with E-state index in [0.29, 0.717) is 5.01 Å². The lowest BCUT2D eigenvalue weighted by Crippen LogP contribution is -2.42. The summed E-state index contributed by atoms with van der Waals surface area (Å²) in [5, 5.41) is 12.9. The molecule has 1 atom stereocenters.